The molecule has 4 rings (SSSR count). The molecule has 4 nitrogen and oxygen atoms in total. The molecule has 2 aromatic carbocycles. The van der Waals surface area contributed by atoms with E-state index in [-0.39, 0.29) is 17.2 Å². The first kappa shape index (κ1) is 18.3. The average Bonchev–Trinajstić information content (AvgIpc) is 3.02. The minimum Gasteiger partial charge on any atom is -0.454 e. The van der Waals surface area contributed by atoms with Crippen molar-refractivity contribution in [3.8, 4) is 22.6 Å². The Morgan fingerprint density at radius 3 is 2.61 bits per heavy atom. The van der Waals surface area contributed by atoms with Crippen LogP contribution in [0.3, 0.4) is 0 Å². The lowest BCUT2D eigenvalue weighted by atomic mass is 10.0. The van der Waals surface area contributed by atoms with Crippen LogP contribution in [0.1, 0.15) is 5.56 Å². The van der Waals surface area contributed by atoms with Crippen LogP contribution in [-0.2, 0) is 12.9 Å². The van der Waals surface area contributed by atoms with E-state index in [1.165, 1.54) is 6.07 Å². The zero-order chi connectivity index (χ0) is 19.8. The first-order valence-corrected chi connectivity index (χ1v) is 9.00. The summed E-state index contributed by atoms with van der Waals surface area (Å²) in [7, 11) is 1.77. The lowest BCUT2D eigenvalue weighted by Crippen LogP contribution is -2.07. The number of halogens is 3. The second kappa shape index (κ2) is 7.13. The van der Waals surface area contributed by atoms with E-state index >= 15 is 0 Å². The predicted octanol–water partition coefficient (Wildman–Crippen LogP) is 5.34. The Morgan fingerprint density at radius 1 is 1.07 bits per heavy atom. The van der Waals surface area contributed by atoms with Gasteiger partial charge in [-0.1, -0.05) is 6.07 Å². The fourth-order valence-electron chi connectivity index (χ4n) is 3.22. The number of nitrogens with zero attached hydrogens (tertiary/aromatic N) is 1. The van der Waals surface area contributed by atoms with Gasteiger partial charge in [-0.15, -0.1) is 11.6 Å². The van der Waals surface area contributed by atoms with E-state index in [4.69, 9.17) is 16.3 Å². The SMILES string of the molecule is Cn1cc(-c2cc(CCl)ccc2Oc2ccc(F)cc2F)c2cc[nH]c(=O)c21. The van der Waals surface area contributed by atoms with Crippen LogP contribution in [0.2, 0.25) is 0 Å². The van der Waals surface area contributed by atoms with E-state index < -0.39 is 11.6 Å². The molecule has 0 radical (unpaired) electrons. The van der Waals surface area contributed by atoms with Gasteiger partial charge in [-0.25, -0.2) is 8.78 Å². The number of pyridine rings is 1. The molecule has 0 spiro atoms. The third kappa shape index (κ3) is 3.16. The van der Waals surface area contributed by atoms with Crippen LogP contribution >= 0.6 is 11.6 Å². The molecule has 2 heterocycles. The van der Waals surface area contributed by atoms with E-state index in [1.807, 2.05) is 6.07 Å². The number of nitrogens with one attached hydrogen (secondary N) is 1. The lowest BCUT2D eigenvalue weighted by molar-refractivity contribution is 0.439. The number of hydrogen-bond donors (Lipinski definition) is 1. The molecule has 0 unspecified atom stereocenters. The molecule has 7 heteroatoms. The van der Waals surface area contributed by atoms with E-state index in [2.05, 4.69) is 4.98 Å². The molecule has 0 fully saturated rings. The van der Waals surface area contributed by atoms with E-state index in [0.717, 1.165) is 28.6 Å². The normalized spacial score (nSPS) is 11.1. The van der Waals surface area contributed by atoms with Gasteiger partial charge >= 0.3 is 0 Å². The van der Waals surface area contributed by atoms with Gasteiger partial charge in [-0.3, -0.25) is 4.79 Å². The topological polar surface area (TPSA) is 47.0 Å². The molecule has 0 aliphatic carbocycles. The summed E-state index contributed by atoms with van der Waals surface area (Å²) in [5, 5.41) is 0.724. The maximum atomic E-state index is 14.1. The van der Waals surface area contributed by atoms with E-state index in [9.17, 15) is 13.6 Å². The standard InChI is InChI=1S/C21H15ClF2N2O2/c1-26-11-16(14-6-7-25-21(27)20(14)26)15-8-12(10-22)2-4-18(15)28-19-5-3-13(23)9-17(19)24/h2-9,11H,10H2,1H3,(H,25,27). The zero-order valence-corrected chi connectivity index (χ0v) is 15.6. The Balaban J connectivity index is 1.92. The fraction of sp³-hybridized carbons (Fsp3) is 0.0952. The molecule has 0 saturated heterocycles. The van der Waals surface area contributed by atoms with Crippen LogP contribution in [0.25, 0.3) is 22.0 Å². The monoisotopic (exact) mass is 400 g/mol. The van der Waals surface area contributed by atoms with Crippen molar-refractivity contribution in [2.75, 3.05) is 0 Å². The van der Waals surface area contributed by atoms with Crippen molar-refractivity contribution in [2.45, 2.75) is 5.88 Å². The molecule has 28 heavy (non-hydrogen) atoms. The van der Waals surface area contributed by atoms with Gasteiger partial charge in [0.05, 0.1) is 0 Å². The number of aryl methyl sites for hydroxylation is 1. The summed E-state index contributed by atoms with van der Waals surface area (Å²) in [4.78, 5) is 14.9. The minimum atomic E-state index is -0.804. The highest BCUT2D eigenvalue weighted by Gasteiger charge is 2.17. The van der Waals surface area contributed by atoms with Crippen LogP contribution in [0.4, 0.5) is 8.78 Å². The maximum absolute atomic E-state index is 14.1. The maximum Gasteiger partial charge on any atom is 0.272 e. The highest BCUT2D eigenvalue weighted by Crippen LogP contribution is 2.38. The van der Waals surface area contributed by atoms with E-state index in [1.54, 1.807) is 42.2 Å². The highest BCUT2D eigenvalue weighted by molar-refractivity contribution is 6.17. The minimum absolute atomic E-state index is 0.0978. The number of ether oxygens (including phenoxy) is 1. The quantitative estimate of drug-likeness (QED) is 0.470. The van der Waals surface area contributed by atoms with Gasteiger partial charge in [0.2, 0.25) is 0 Å². The predicted molar refractivity (Wildman–Crippen MR) is 105 cm³/mol. The van der Waals surface area contributed by atoms with Gasteiger partial charge in [-0.2, -0.15) is 0 Å². The highest BCUT2D eigenvalue weighted by atomic mass is 35.5. The van der Waals surface area contributed by atoms with Gasteiger partial charge in [0.15, 0.2) is 11.6 Å². The summed E-state index contributed by atoms with van der Waals surface area (Å²) in [5.74, 6) is -0.937. The van der Waals surface area contributed by atoms with Crippen molar-refractivity contribution in [3.05, 3.63) is 82.4 Å². The number of hydrogen-bond acceptors (Lipinski definition) is 2. The van der Waals surface area contributed by atoms with Gasteiger partial charge in [0.25, 0.3) is 5.56 Å². The summed E-state index contributed by atoms with van der Waals surface area (Å²) < 4.78 is 34.8. The van der Waals surface area contributed by atoms with Crippen molar-refractivity contribution in [2.24, 2.45) is 7.05 Å². The third-order valence-corrected chi connectivity index (χ3v) is 4.81. The second-order valence-electron chi connectivity index (χ2n) is 6.36. The van der Waals surface area contributed by atoms with Crippen LogP contribution in [0, 0.1) is 11.6 Å². The fourth-order valence-corrected chi connectivity index (χ4v) is 3.38. The lowest BCUT2D eigenvalue weighted by Gasteiger charge is -2.13. The van der Waals surface area contributed by atoms with Gasteiger partial charge < -0.3 is 14.3 Å². The van der Waals surface area contributed by atoms with Crippen molar-refractivity contribution in [3.63, 3.8) is 0 Å². The van der Waals surface area contributed by atoms with Crippen molar-refractivity contribution in [1.82, 2.24) is 9.55 Å². The molecule has 2 aromatic heterocycles. The molecule has 0 aliphatic rings. The summed E-state index contributed by atoms with van der Waals surface area (Å²) >= 11 is 5.99. The number of alkyl halides is 1. The molecule has 0 atom stereocenters. The Labute approximate surface area is 164 Å². The summed E-state index contributed by atoms with van der Waals surface area (Å²) in [6.07, 6.45) is 3.38. The van der Waals surface area contributed by atoms with Crippen LogP contribution < -0.4 is 10.3 Å². The van der Waals surface area contributed by atoms with Gasteiger partial charge in [0.1, 0.15) is 17.1 Å². The molecule has 0 saturated carbocycles. The molecule has 0 amide bonds. The molecule has 1 N–H and O–H groups in total. The summed E-state index contributed by atoms with van der Waals surface area (Å²) in [5.41, 5.74) is 2.52. The number of rotatable bonds is 4. The molecule has 0 aliphatic heterocycles. The van der Waals surface area contributed by atoms with Crippen molar-refractivity contribution < 1.29 is 13.5 Å². The molecule has 142 valence electrons. The Hall–Kier alpha value is -3.12. The van der Waals surface area contributed by atoms with Crippen molar-refractivity contribution in [1.29, 1.82) is 0 Å². The van der Waals surface area contributed by atoms with Crippen LogP contribution in [-0.4, -0.2) is 9.55 Å². The van der Waals surface area contributed by atoms with Crippen molar-refractivity contribution >= 4 is 22.5 Å². The molecule has 4 aromatic rings. The molecule has 0 bridgehead atoms. The summed E-state index contributed by atoms with van der Waals surface area (Å²) in [6.45, 7) is 0. The first-order chi connectivity index (χ1) is 13.5. The smallest absolute Gasteiger partial charge is 0.272 e. The third-order valence-electron chi connectivity index (χ3n) is 4.50. The zero-order valence-electron chi connectivity index (χ0n) is 14.8. The number of H-pyrrole nitrogens is 1. The number of aromatic nitrogens is 2. The number of benzene rings is 2. The Bertz CT molecular complexity index is 1250. The Kier molecular flexibility index (Phi) is 4.65. The molecular weight excluding hydrogens is 386 g/mol. The first-order valence-electron chi connectivity index (χ1n) is 8.47. The largest absolute Gasteiger partial charge is 0.454 e. The number of aromatic amines is 1. The van der Waals surface area contributed by atoms with Gasteiger partial charge in [-0.05, 0) is 35.9 Å². The average molecular weight is 401 g/mol. The van der Waals surface area contributed by atoms with Crippen LogP contribution in [0.5, 0.6) is 11.5 Å². The van der Waals surface area contributed by atoms with E-state index in [0.29, 0.717) is 16.8 Å². The second-order valence-corrected chi connectivity index (χ2v) is 6.63. The van der Waals surface area contributed by atoms with Crippen LogP contribution in [0.15, 0.2) is 59.7 Å². The summed E-state index contributed by atoms with van der Waals surface area (Å²) in [6, 6.07) is 10.2. The number of fused-ring (bicyclic) bond motifs is 1. The molecular formula is C21H15ClF2N2O2. The van der Waals surface area contributed by atoms with Gasteiger partial charge in [0, 0.05) is 47.9 Å². The Morgan fingerprint density at radius 2 is 1.86 bits per heavy atom.